The average Bonchev–Trinajstić information content (AvgIpc) is 3.20. The molecule has 1 aliphatic rings. The first-order valence-electron chi connectivity index (χ1n) is 20.6. The van der Waals surface area contributed by atoms with Crippen LogP contribution in [0.25, 0.3) is 22.5 Å². The van der Waals surface area contributed by atoms with E-state index in [1.54, 1.807) is 24.3 Å². The Labute approximate surface area is 361 Å². The number of likely N-dealkylation sites (N-methyl/N-ethyl adjacent to an activating group) is 1. The third-order valence-corrected chi connectivity index (χ3v) is 10.5. The van der Waals surface area contributed by atoms with Crippen molar-refractivity contribution in [3.63, 3.8) is 0 Å². The van der Waals surface area contributed by atoms with Crippen LogP contribution in [0.3, 0.4) is 0 Å². The quantitative estimate of drug-likeness (QED) is 0.0950. The Morgan fingerprint density at radius 3 is 2.23 bits per heavy atom. The number of amides is 4. The number of nitrogens with two attached hydrogens (primary N) is 3. The summed E-state index contributed by atoms with van der Waals surface area (Å²) in [5.74, 6) is -3.27. The monoisotopic (exact) mass is 855 g/mol. The smallest absolute Gasteiger partial charge is 0.257 e. The van der Waals surface area contributed by atoms with E-state index >= 15 is 4.39 Å². The van der Waals surface area contributed by atoms with Gasteiger partial charge < -0.3 is 52.6 Å². The lowest BCUT2D eigenvalue weighted by atomic mass is 9.86. The zero-order chi connectivity index (χ0) is 45.5. The lowest BCUT2D eigenvalue weighted by Gasteiger charge is -2.30. The molecule has 0 saturated heterocycles. The fraction of sp³-hybridized carbons (Fsp3) is 0.422. The Morgan fingerprint density at radius 1 is 0.919 bits per heavy atom. The topological polar surface area (TPSA) is 250 Å². The van der Waals surface area contributed by atoms with E-state index in [0.29, 0.717) is 43.7 Å². The maximum absolute atomic E-state index is 15.3. The number of carbonyl (C=O) groups is 4. The molecule has 332 valence electrons. The molecule has 5 rings (SSSR count). The van der Waals surface area contributed by atoms with E-state index in [2.05, 4.69) is 25.9 Å². The molecule has 0 spiro atoms. The number of ether oxygens (including phenoxy) is 2. The van der Waals surface area contributed by atoms with Crippen molar-refractivity contribution in [2.24, 2.45) is 11.5 Å². The zero-order valence-electron chi connectivity index (χ0n) is 36.4. The van der Waals surface area contributed by atoms with Gasteiger partial charge in [-0.05, 0) is 112 Å². The van der Waals surface area contributed by atoms with Crippen molar-refractivity contribution in [1.82, 2.24) is 30.8 Å². The summed E-state index contributed by atoms with van der Waals surface area (Å²) in [5, 5.41) is 20.0. The van der Waals surface area contributed by atoms with Crippen LogP contribution in [0, 0.1) is 12.7 Å². The number of nitrogens with zero attached hydrogens (tertiary/aromatic N) is 3. The van der Waals surface area contributed by atoms with Gasteiger partial charge in [-0.15, -0.1) is 0 Å². The molecule has 0 fully saturated rings. The third kappa shape index (κ3) is 10.9. The van der Waals surface area contributed by atoms with Gasteiger partial charge in [0.25, 0.3) is 5.91 Å². The molecule has 4 amide bonds. The van der Waals surface area contributed by atoms with Crippen LogP contribution in [0.15, 0.2) is 48.5 Å². The molecule has 62 heavy (non-hydrogen) atoms. The van der Waals surface area contributed by atoms with E-state index in [1.165, 1.54) is 33.0 Å². The number of carbonyl (C=O) groups excluding carboxylic acids is 4. The zero-order valence-corrected chi connectivity index (χ0v) is 36.4. The van der Waals surface area contributed by atoms with E-state index in [1.807, 2.05) is 39.8 Å². The molecule has 0 aliphatic carbocycles. The van der Waals surface area contributed by atoms with Crippen LogP contribution >= 0.6 is 0 Å². The number of nitrogens with one attached hydrogen (secondary N) is 3. The number of rotatable bonds is 13. The van der Waals surface area contributed by atoms with E-state index in [-0.39, 0.29) is 75.8 Å². The highest BCUT2D eigenvalue weighted by Crippen LogP contribution is 2.44. The van der Waals surface area contributed by atoms with Crippen molar-refractivity contribution in [3.05, 3.63) is 82.3 Å². The maximum Gasteiger partial charge on any atom is 0.257 e. The summed E-state index contributed by atoms with van der Waals surface area (Å²) < 4.78 is 27.4. The summed E-state index contributed by atoms with van der Waals surface area (Å²) in [6.45, 7) is 11.3. The number of aromatic nitrogens is 2. The predicted octanol–water partition coefficient (Wildman–Crippen LogP) is 3.79. The number of hydrogen-bond donors (Lipinski definition) is 7. The number of aromatic hydroxyl groups is 1. The summed E-state index contributed by atoms with van der Waals surface area (Å²) in [4.78, 5) is 65.1. The van der Waals surface area contributed by atoms with Crippen molar-refractivity contribution in [2.45, 2.75) is 84.3 Å². The standard InChI is InChI=1S/C45H58FN9O7/c1-24-18-27-10-13-34(61-16-8-14-47)31(19-27)32-20-28(21-35(39(32)57)62-17-9-15-48)38(44(60)53-26(3)42(58)51-24)55(7)36(56)23-50-43(59)37-25(2)52-41(54-40(37)49)30-12-11-29(22-33(30)46)45(4,5)6/h10-13,19-22,24,26,38,57H,8-9,14-18,23,47-48H2,1-7H3,(H,50,59)(H,51,58)(H,53,60)(H2,49,52,54)/t24-,26+,38+/m1/s1. The van der Waals surface area contributed by atoms with Gasteiger partial charge in [-0.1, -0.05) is 32.9 Å². The molecule has 0 saturated carbocycles. The summed E-state index contributed by atoms with van der Waals surface area (Å²) in [6, 6.07) is 10.4. The number of nitrogen functional groups attached to an aromatic ring is 1. The first-order valence-corrected chi connectivity index (χ1v) is 20.6. The lowest BCUT2D eigenvalue weighted by Crippen LogP contribution is -2.52. The van der Waals surface area contributed by atoms with Gasteiger partial charge in [0.1, 0.15) is 35.0 Å². The summed E-state index contributed by atoms with van der Waals surface area (Å²) in [6.07, 6.45) is 1.43. The molecule has 4 aromatic rings. The second kappa shape index (κ2) is 20.0. The molecule has 3 aromatic carbocycles. The van der Waals surface area contributed by atoms with E-state index < -0.39 is 48.1 Å². The van der Waals surface area contributed by atoms with Gasteiger partial charge in [-0.25, -0.2) is 14.4 Å². The van der Waals surface area contributed by atoms with Crippen LogP contribution in [-0.2, 0) is 26.2 Å². The molecule has 3 atom stereocenters. The average molecular weight is 856 g/mol. The highest BCUT2D eigenvalue weighted by molar-refractivity contribution is 6.01. The Kier molecular flexibility index (Phi) is 15.1. The minimum absolute atomic E-state index is 0.0110. The number of halogens is 1. The van der Waals surface area contributed by atoms with Gasteiger partial charge in [0.05, 0.1) is 31.0 Å². The van der Waals surface area contributed by atoms with Crippen molar-refractivity contribution < 1.29 is 38.1 Å². The normalized spacial score (nSPS) is 16.7. The number of phenols is 1. The fourth-order valence-electron chi connectivity index (χ4n) is 7.03. The lowest BCUT2D eigenvalue weighted by molar-refractivity contribution is -0.139. The number of fused-ring (bicyclic) bond motifs is 5. The van der Waals surface area contributed by atoms with E-state index in [9.17, 15) is 24.3 Å². The first kappa shape index (κ1) is 46.7. The molecule has 10 N–H and O–H groups in total. The highest BCUT2D eigenvalue weighted by Gasteiger charge is 2.34. The van der Waals surface area contributed by atoms with Gasteiger partial charge in [0, 0.05) is 24.2 Å². The molecule has 2 heterocycles. The first-order chi connectivity index (χ1) is 29.3. The molecule has 17 heteroatoms. The number of hydrogen-bond acceptors (Lipinski definition) is 12. The summed E-state index contributed by atoms with van der Waals surface area (Å²) in [7, 11) is 1.37. The van der Waals surface area contributed by atoms with Crippen LogP contribution in [0.4, 0.5) is 10.2 Å². The molecular weight excluding hydrogens is 798 g/mol. The Morgan fingerprint density at radius 2 is 1.60 bits per heavy atom. The molecule has 0 unspecified atom stereocenters. The van der Waals surface area contributed by atoms with Crippen LogP contribution in [-0.4, -0.2) is 95.6 Å². The minimum Gasteiger partial charge on any atom is -0.504 e. The second-order valence-electron chi connectivity index (χ2n) is 16.5. The fourth-order valence-corrected chi connectivity index (χ4v) is 7.03. The van der Waals surface area contributed by atoms with Crippen LogP contribution in [0.1, 0.15) is 86.2 Å². The van der Waals surface area contributed by atoms with Gasteiger partial charge >= 0.3 is 0 Å². The molecule has 1 aliphatic heterocycles. The predicted molar refractivity (Wildman–Crippen MR) is 234 cm³/mol. The Balaban J connectivity index is 1.52. The highest BCUT2D eigenvalue weighted by atomic mass is 19.1. The molecular formula is C45H58FN9O7. The van der Waals surface area contributed by atoms with Crippen LogP contribution in [0.5, 0.6) is 17.2 Å². The van der Waals surface area contributed by atoms with Crippen molar-refractivity contribution in [2.75, 3.05) is 45.6 Å². The Hall–Kier alpha value is -6.33. The van der Waals surface area contributed by atoms with Gasteiger partial charge in [0.15, 0.2) is 17.3 Å². The van der Waals surface area contributed by atoms with Crippen molar-refractivity contribution >= 4 is 29.4 Å². The van der Waals surface area contributed by atoms with E-state index in [0.717, 1.165) is 16.0 Å². The molecule has 16 nitrogen and oxygen atoms in total. The van der Waals surface area contributed by atoms with E-state index in [4.69, 9.17) is 26.7 Å². The van der Waals surface area contributed by atoms with Gasteiger partial charge in [0.2, 0.25) is 17.7 Å². The number of aryl methyl sites for hydroxylation is 1. The Bertz CT molecular complexity index is 2290. The largest absolute Gasteiger partial charge is 0.504 e. The molecule has 4 bridgehead atoms. The van der Waals surface area contributed by atoms with Crippen molar-refractivity contribution in [3.8, 4) is 39.8 Å². The number of benzene rings is 3. The molecule has 0 radical (unpaired) electrons. The third-order valence-electron chi connectivity index (χ3n) is 10.5. The summed E-state index contributed by atoms with van der Waals surface area (Å²) >= 11 is 0. The van der Waals surface area contributed by atoms with Gasteiger partial charge in [-0.2, -0.15) is 0 Å². The van der Waals surface area contributed by atoms with Gasteiger partial charge in [-0.3, -0.25) is 19.2 Å². The van der Waals surface area contributed by atoms with Crippen molar-refractivity contribution in [1.29, 1.82) is 0 Å². The second-order valence-corrected chi connectivity index (χ2v) is 16.5. The maximum atomic E-state index is 15.3. The SMILES string of the molecule is Cc1nc(-c2ccc(C(C)(C)C)cc2F)nc(N)c1C(=O)NCC(=O)N(C)[C@@H]1C(=O)N[C@@H](C)C(=O)N[C@H](C)Cc2ccc(OCCCN)c(c2)-c2cc1cc(OCCCN)c2O. The minimum atomic E-state index is -1.43. The van der Waals surface area contributed by atoms with Crippen LogP contribution in [0.2, 0.25) is 0 Å². The molecule has 1 aromatic heterocycles. The van der Waals surface area contributed by atoms with Crippen LogP contribution < -0.4 is 42.6 Å². The number of anilines is 1. The summed E-state index contributed by atoms with van der Waals surface area (Å²) in [5.41, 5.74) is 20.1. The number of phenolic OH excluding ortho intramolecular Hbond substituents is 1.